The lowest BCUT2D eigenvalue weighted by Gasteiger charge is -2.16. The van der Waals surface area contributed by atoms with Gasteiger partial charge in [-0.25, -0.2) is 0 Å². The molecule has 1 aromatic rings. The van der Waals surface area contributed by atoms with Crippen LogP contribution in [0.4, 0.5) is 11.4 Å². The maximum Gasteiger partial charge on any atom is 0.306 e. The van der Waals surface area contributed by atoms with E-state index < -0.39 is 0 Å². The smallest absolute Gasteiger partial charge is 0.306 e. The molecular weight excluding hydrogens is 332 g/mol. The highest BCUT2D eigenvalue weighted by Gasteiger charge is 2.21. The zero-order chi connectivity index (χ0) is 18.4. The molecule has 0 aromatic heterocycles. The Balaban J connectivity index is 1.38. The maximum absolute atomic E-state index is 11.9. The fourth-order valence-corrected chi connectivity index (χ4v) is 3.68. The second-order valence-corrected chi connectivity index (χ2v) is 7.09. The first-order valence-electron chi connectivity index (χ1n) is 9.48. The van der Waals surface area contributed by atoms with Gasteiger partial charge in [-0.05, 0) is 43.0 Å². The molecule has 0 atom stereocenters. The van der Waals surface area contributed by atoms with Crippen LogP contribution in [0.25, 0.3) is 0 Å². The summed E-state index contributed by atoms with van der Waals surface area (Å²) in [5.74, 6) is 0.0999. The fraction of sp³-hybridized carbons (Fsp3) is 0.550. The minimum Gasteiger partial charge on any atom is -0.456 e. The summed E-state index contributed by atoms with van der Waals surface area (Å²) < 4.78 is 5.05. The van der Waals surface area contributed by atoms with Gasteiger partial charge >= 0.3 is 5.97 Å². The van der Waals surface area contributed by atoms with Crippen molar-refractivity contribution in [1.29, 1.82) is 0 Å². The van der Waals surface area contributed by atoms with Gasteiger partial charge in [0.15, 0.2) is 6.61 Å². The first-order chi connectivity index (χ1) is 12.6. The van der Waals surface area contributed by atoms with Crippen LogP contribution in [-0.4, -0.2) is 30.9 Å². The largest absolute Gasteiger partial charge is 0.456 e. The highest BCUT2D eigenvalue weighted by molar-refractivity contribution is 5.96. The molecule has 2 aliphatic rings. The van der Waals surface area contributed by atoms with Crippen molar-refractivity contribution in [3.63, 3.8) is 0 Å². The molecular formula is C20H26N2O4. The van der Waals surface area contributed by atoms with E-state index in [9.17, 15) is 14.4 Å². The molecule has 0 spiro atoms. The van der Waals surface area contributed by atoms with Crippen LogP contribution in [0.15, 0.2) is 24.3 Å². The van der Waals surface area contributed by atoms with Gasteiger partial charge in [-0.2, -0.15) is 0 Å². The van der Waals surface area contributed by atoms with Crippen molar-refractivity contribution in [3.05, 3.63) is 24.3 Å². The number of anilines is 2. The molecule has 0 unspecified atom stereocenters. The van der Waals surface area contributed by atoms with Gasteiger partial charge in [-0.15, -0.1) is 0 Å². The molecule has 2 amide bonds. The fourth-order valence-electron chi connectivity index (χ4n) is 3.68. The molecule has 2 fully saturated rings. The van der Waals surface area contributed by atoms with Crippen LogP contribution in [0.5, 0.6) is 0 Å². The van der Waals surface area contributed by atoms with Crippen molar-refractivity contribution in [3.8, 4) is 0 Å². The quantitative estimate of drug-likeness (QED) is 0.759. The summed E-state index contributed by atoms with van der Waals surface area (Å²) in [5, 5.41) is 2.70. The molecule has 6 nitrogen and oxygen atoms in total. The molecule has 1 saturated carbocycles. The highest BCUT2D eigenvalue weighted by atomic mass is 16.5. The molecule has 1 N–H and O–H groups in total. The van der Waals surface area contributed by atoms with E-state index in [1.165, 1.54) is 25.7 Å². The summed E-state index contributed by atoms with van der Waals surface area (Å²) in [5.41, 5.74) is 1.45. The Kier molecular flexibility index (Phi) is 6.26. The number of hydrogen-bond donors (Lipinski definition) is 1. The Bertz CT molecular complexity index is 650. The molecule has 1 saturated heterocycles. The molecule has 26 heavy (non-hydrogen) atoms. The van der Waals surface area contributed by atoms with Gasteiger partial charge < -0.3 is 15.0 Å². The third kappa shape index (κ3) is 5.07. The molecule has 6 heteroatoms. The number of carbonyl (C=O) groups is 3. The van der Waals surface area contributed by atoms with Crippen LogP contribution in [0.3, 0.4) is 0 Å². The van der Waals surface area contributed by atoms with Crippen molar-refractivity contribution in [2.24, 2.45) is 5.92 Å². The zero-order valence-electron chi connectivity index (χ0n) is 15.0. The van der Waals surface area contributed by atoms with E-state index in [0.29, 0.717) is 24.4 Å². The second-order valence-electron chi connectivity index (χ2n) is 7.09. The van der Waals surface area contributed by atoms with Gasteiger partial charge in [0.05, 0.1) is 0 Å². The van der Waals surface area contributed by atoms with E-state index in [1.807, 2.05) is 12.1 Å². The predicted octanol–water partition coefficient (Wildman–Crippen LogP) is 3.27. The van der Waals surface area contributed by atoms with E-state index in [4.69, 9.17) is 4.74 Å². The Morgan fingerprint density at radius 3 is 2.50 bits per heavy atom. The molecule has 1 aromatic carbocycles. The van der Waals surface area contributed by atoms with E-state index in [1.54, 1.807) is 17.0 Å². The highest BCUT2D eigenvalue weighted by Crippen LogP contribution is 2.28. The van der Waals surface area contributed by atoms with Gasteiger partial charge in [-0.3, -0.25) is 14.4 Å². The van der Waals surface area contributed by atoms with Crippen molar-refractivity contribution < 1.29 is 19.1 Å². The number of hydrogen-bond acceptors (Lipinski definition) is 4. The number of benzene rings is 1. The normalized spacial score (nSPS) is 17.5. The molecule has 1 aliphatic heterocycles. The van der Waals surface area contributed by atoms with Gasteiger partial charge in [-0.1, -0.05) is 25.7 Å². The monoisotopic (exact) mass is 358 g/mol. The van der Waals surface area contributed by atoms with Crippen molar-refractivity contribution in [1.82, 2.24) is 0 Å². The summed E-state index contributed by atoms with van der Waals surface area (Å²) in [4.78, 5) is 37.1. The number of esters is 1. The van der Waals surface area contributed by atoms with Crippen molar-refractivity contribution in [2.45, 2.75) is 51.4 Å². The summed E-state index contributed by atoms with van der Waals surface area (Å²) in [6, 6.07) is 7.13. The van der Waals surface area contributed by atoms with Crippen molar-refractivity contribution >= 4 is 29.2 Å². The lowest BCUT2D eigenvalue weighted by atomic mass is 10.0. The SMILES string of the molecule is O=C(COC(=O)CCC1CCCC1)Nc1ccc(N2CCCC2=O)cc1. The number of ether oxygens (including phenoxy) is 1. The Morgan fingerprint density at radius 2 is 1.85 bits per heavy atom. The zero-order valence-corrected chi connectivity index (χ0v) is 15.0. The van der Waals surface area contributed by atoms with E-state index in [-0.39, 0.29) is 24.4 Å². The Labute approximate surface area is 153 Å². The van der Waals surface area contributed by atoms with Crippen LogP contribution < -0.4 is 10.2 Å². The van der Waals surface area contributed by atoms with E-state index in [2.05, 4.69) is 5.32 Å². The number of rotatable bonds is 7. The van der Waals surface area contributed by atoms with E-state index in [0.717, 1.165) is 25.1 Å². The first-order valence-corrected chi connectivity index (χ1v) is 9.48. The summed E-state index contributed by atoms with van der Waals surface area (Å²) >= 11 is 0. The molecule has 3 rings (SSSR count). The number of nitrogens with zero attached hydrogens (tertiary/aromatic N) is 1. The number of carbonyl (C=O) groups excluding carboxylic acids is 3. The summed E-state index contributed by atoms with van der Waals surface area (Å²) in [6.07, 6.45) is 7.63. The van der Waals surface area contributed by atoms with Crippen LogP contribution in [0.2, 0.25) is 0 Å². The van der Waals surface area contributed by atoms with Crippen LogP contribution in [0, 0.1) is 5.92 Å². The van der Waals surface area contributed by atoms with Crippen LogP contribution >= 0.6 is 0 Å². The van der Waals surface area contributed by atoms with E-state index >= 15 is 0 Å². The van der Waals surface area contributed by atoms with Gasteiger partial charge in [0.1, 0.15) is 0 Å². The van der Waals surface area contributed by atoms with Crippen molar-refractivity contribution in [2.75, 3.05) is 23.4 Å². The minimum absolute atomic E-state index is 0.131. The maximum atomic E-state index is 11.9. The second kappa shape index (κ2) is 8.83. The Morgan fingerprint density at radius 1 is 1.12 bits per heavy atom. The molecule has 1 heterocycles. The molecule has 1 aliphatic carbocycles. The molecule has 0 bridgehead atoms. The summed E-state index contributed by atoms with van der Waals surface area (Å²) in [6.45, 7) is 0.469. The lowest BCUT2D eigenvalue weighted by molar-refractivity contribution is -0.147. The molecule has 140 valence electrons. The average Bonchev–Trinajstić information content (AvgIpc) is 3.30. The lowest BCUT2D eigenvalue weighted by Crippen LogP contribution is -2.23. The predicted molar refractivity (Wildman–Crippen MR) is 98.8 cm³/mol. The Hall–Kier alpha value is -2.37. The third-order valence-electron chi connectivity index (χ3n) is 5.13. The first kappa shape index (κ1) is 18.4. The molecule has 0 radical (unpaired) electrons. The van der Waals surface area contributed by atoms with Gasteiger partial charge in [0, 0.05) is 30.8 Å². The van der Waals surface area contributed by atoms with Crippen LogP contribution in [0.1, 0.15) is 51.4 Å². The topological polar surface area (TPSA) is 75.7 Å². The summed E-state index contributed by atoms with van der Waals surface area (Å²) in [7, 11) is 0. The van der Waals surface area contributed by atoms with Crippen LogP contribution in [-0.2, 0) is 19.1 Å². The third-order valence-corrected chi connectivity index (χ3v) is 5.13. The minimum atomic E-state index is -0.357. The average molecular weight is 358 g/mol. The number of amides is 2. The standard InChI is InChI=1S/C20H26N2O4/c23-18(14-26-20(25)12-7-15-4-1-2-5-15)21-16-8-10-17(11-9-16)22-13-3-6-19(22)24/h8-11,15H,1-7,12-14H2,(H,21,23). The van der Waals surface area contributed by atoms with Gasteiger partial charge in [0.2, 0.25) is 5.91 Å². The van der Waals surface area contributed by atoms with Gasteiger partial charge in [0.25, 0.3) is 5.91 Å². The number of nitrogens with one attached hydrogen (secondary N) is 1.